The Morgan fingerprint density at radius 2 is 1.84 bits per heavy atom. The van der Waals surface area contributed by atoms with Crippen LogP contribution in [0, 0.1) is 0 Å². The third-order valence-electron chi connectivity index (χ3n) is 3.69. The van der Waals surface area contributed by atoms with Gasteiger partial charge in [-0.05, 0) is 42.9 Å². The van der Waals surface area contributed by atoms with Crippen LogP contribution in [0.4, 0.5) is 0 Å². The number of carbonyl (C=O) groups is 2. The maximum Gasteiger partial charge on any atom is 0.287 e. The molecular weight excluding hydrogens is 344 g/mol. The molecule has 3 heterocycles. The van der Waals surface area contributed by atoms with Crippen molar-refractivity contribution in [3.63, 3.8) is 0 Å². The summed E-state index contributed by atoms with van der Waals surface area (Å²) in [5.74, 6) is 0.258. The zero-order chi connectivity index (χ0) is 17.6. The average molecular weight is 362 g/mol. The van der Waals surface area contributed by atoms with Crippen molar-refractivity contribution in [2.24, 2.45) is 0 Å². The van der Waals surface area contributed by atoms with E-state index in [-0.39, 0.29) is 18.2 Å². The number of nitrogens with one attached hydrogen (secondary N) is 2. The van der Waals surface area contributed by atoms with Gasteiger partial charge in [-0.1, -0.05) is 0 Å². The summed E-state index contributed by atoms with van der Waals surface area (Å²) in [6, 6.07) is 6.79. The van der Waals surface area contributed by atoms with Gasteiger partial charge in [-0.2, -0.15) is 0 Å². The number of rotatable bonds is 5. The van der Waals surface area contributed by atoms with E-state index in [1.54, 1.807) is 28.4 Å². The highest BCUT2D eigenvalue weighted by molar-refractivity contribution is 7.80. The van der Waals surface area contributed by atoms with E-state index in [1.807, 2.05) is 6.07 Å². The van der Waals surface area contributed by atoms with Crippen LogP contribution < -0.4 is 10.6 Å². The Hall–Kier alpha value is -2.81. The smallest absolute Gasteiger partial charge is 0.287 e. The van der Waals surface area contributed by atoms with Crippen molar-refractivity contribution < 1.29 is 18.4 Å². The van der Waals surface area contributed by atoms with Crippen LogP contribution in [0.1, 0.15) is 22.7 Å². The largest absolute Gasteiger partial charge is 0.467 e. The molecule has 0 aliphatic carbocycles. The summed E-state index contributed by atoms with van der Waals surface area (Å²) < 4.78 is 10.2. The lowest BCUT2D eigenvalue weighted by molar-refractivity contribution is -0.137. The van der Waals surface area contributed by atoms with Crippen LogP contribution in [0.25, 0.3) is 0 Å². The summed E-state index contributed by atoms with van der Waals surface area (Å²) in [6.07, 6.45) is 3.80. The van der Waals surface area contributed by atoms with E-state index in [9.17, 15) is 9.59 Å². The zero-order valence-corrected chi connectivity index (χ0v) is 14.3. The van der Waals surface area contributed by atoms with Gasteiger partial charge in [-0.15, -0.1) is 0 Å². The summed E-state index contributed by atoms with van der Waals surface area (Å²) in [6.45, 7) is 1.51. The number of thiocarbonyl (C=S) groups is 1. The molecule has 3 rings (SSSR count). The number of amides is 2. The van der Waals surface area contributed by atoms with Crippen LogP contribution >= 0.6 is 12.2 Å². The zero-order valence-electron chi connectivity index (χ0n) is 13.4. The van der Waals surface area contributed by atoms with Gasteiger partial charge in [0.15, 0.2) is 10.9 Å². The molecular formula is C16H18N4O4S. The highest BCUT2D eigenvalue weighted by Gasteiger charge is 2.28. The van der Waals surface area contributed by atoms with Gasteiger partial charge in [0, 0.05) is 13.1 Å². The van der Waals surface area contributed by atoms with Gasteiger partial charge >= 0.3 is 0 Å². The number of hydrogen-bond donors (Lipinski definition) is 2. The fourth-order valence-electron chi connectivity index (χ4n) is 2.49. The highest BCUT2D eigenvalue weighted by Crippen LogP contribution is 2.11. The molecule has 2 amide bonds. The standard InChI is InChI=1S/C16H18N4O4S/c21-14(11-17-15(22)13-5-2-9-24-13)19-6-3-7-20(19)16(25)18-10-12-4-1-8-23-12/h1-2,4-5,8-9H,3,6-7,10-11H2,(H,17,22)(H,18,25). The molecule has 1 saturated heterocycles. The van der Waals surface area contributed by atoms with Crippen LogP contribution in [-0.2, 0) is 11.3 Å². The first-order valence-electron chi connectivity index (χ1n) is 7.85. The molecule has 0 atom stereocenters. The number of hydrogen-bond acceptors (Lipinski definition) is 5. The lowest BCUT2D eigenvalue weighted by atomic mass is 10.4. The third kappa shape index (κ3) is 4.18. The highest BCUT2D eigenvalue weighted by atomic mass is 32.1. The minimum atomic E-state index is -0.428. The Morgan fingerprint density at radius 3 is 2.56 bits per heavy atom. The minimum absolute atomic E-state index is 0.128. The molecule has 1 fully saturated rings. The lowest BCUT2D eigenvalue weighted by Gasteiger charge is -2.30. The molecule has 0 saturated carbocycles. The number of furan rings is 2. The average Bonchev–Trinajstić information content (AvgIpc) is 3.38. The molecule has 132 valence electrons. The fraction of sp³-hybridized carbons (Fsp3) is 0.312. The summed E-state index contributed by atoms with van der Waals surface area (Å²) >= 11 is 5.36. The van der Waals surface area contributed by atoms with Gasteiger partial charge < -0.3 is 19.5 Å². The second-order valence-corrected chi connectivity index (χ2v) is 5.78. The molecule has 0 spiro atoms. The van der Waals surface area contributed by atoms with Crippen molar-refractivity contribution in [1.29, 1.82) is 0 Å². The van der Waals surface area contributed by atoms with E-state index >= 15 is 0 Å². The second-order valence-electron chi connectivity index (χ2n) is 5.39. The van der Waals surface area contributed by atoms with Gasteiger partial charge in [0.25, 0.3) is 11.8 Å². The number of nitrogens with zero attached hydrogens (tertiary/aromatic N) is 2. The monoisotopic (exact) mass is 362 g/mol. The number of hydrazine groups is 1. The molecule has 2 N–H and O–H groups in total. The molecule has 2 aromatic rings. The third-order valence-corrected chi connectivity index (χ3v) is 4.05. The van der Waals surface area contributed by atoms with Crippen LogP contribution in [0.15, 0.2) is 45.6 Å². The van der Waals surface area contributed by atoms with E-state index in [0.717, 1.165) is 12.2 Å². The Morgan fingerprint density at radius 1 is 1.08 bits per heavy atom. The summed E-state index contributed by atoms with van der Waals surface area (Å²) in [5, 5.41) is 9.31. The van der Waals surface area contributed by atoms with Crippen LogP contribution in [0.2, 0.25) is 0 Å². The topological polar surface area (TPSA) is 91.0 Å². The first-order valence-corrected chi connectivity index (χ1v) is 8.25. The van der Waals surface area contributed by atoms with E-state index in [4.69, 9.17) is 21.1 Å². The van der Waals surface area contributed by atoms with E-state index in [1.165, 1.54) is 12.3 Å². The van der Waals surface area contributed by atoms with Gasteiger partial charge in [-0.3, -0.25) is 19.6 Å². The normalized spacial score (nSPS) is 13.8. The molecule has 0 aromatic carbocycles. The van der Waals surface area contributed by atoms with Crippen molar-refractivity contribution in [1.82, 2.24) is 20.7 Å². The maximum atomic E-state index is 12.4. The first-order chi connectivity index (χ1) is 12.1. The van der Waals surface area contributed by atoms with Crippen LogP contribution in [0.3, 0.4) is 0 Å². The Balaban J connectivity index is 1.50. The Kier molecular flexibility index (Phi) is 5.34. The van der Waals surface area contributed by atoms with E-state index in [2.05, 4.69) is 10.6 Å². The maximum absolute atomic E-state index is 12.4. The molecule has 0 bridgehead atoms. The molecule has 0 radical (unpaired) electrons. The van der Waals surface area contributed by atoms with Gasteiger partial charge in [0.05, 0.1) is 25.6 Å². The second kappa shape index (κ2) is 7.84. The first kappa shape index (κ1) is 17.0. The van der Waals surface area contributed by atoms with Gasteiger partial charge in [-0.25, -0.2) is 0 Å². The van der Waals surface area contributed by atoms with Crippen molar-refractivity contribution >= 4 is 29.1 Å². The van der Waals surface area contributed by atoms with Crippen molar-refractivity contribution in [3.05, 3.63) is 48.3 Å². The SMILES string of the molecule is O=C(NCC(=O)N1CCCN1C(=S)NCc1ccco1)c1ccco1. The molecule has 9 heteroatoms. The Labute approximate surface area is 149 Å². The van der Waals surface area contributed by atoms with Gasteiger partial charge in [0.1, 0.15) is 5.76 Å². The summed E-state index contributed by atoms with van der Waals surface area (Å²) in [5.41, 5.74) is 0. The van der Waals surface area contributed by atoms with Crippen LogP contribution in [0.5, 0.6) is 0 Å². The number of carbonyl (C=O) groups excluding carboxylic acids is 2. The minimum Gasteiger partial charge on any atom is -0.467 e. The summed E-state index contributed by atoms with van der Waals surface area (Å²) in [4.78, 5) is 24.2. The Bertz CT molecular complexity index is 729. The molecule has 8 nitrogen and oxygen atoms in total. The van der Waals surface area contributed by atoms with Gasteiger partial charge in [0.2, 0.25) is 0 Å². The fourth-order valence-corrected chi connectivity index (χ4v) is 2.75. The lowest BCUT2D eigenvalue weighted by Crippen LogP contribution is -2.51. The predicted octanol–water partition coefficient (Wildman–Crippen LogP) is 1.13. The predicted molar refractivity (Wildman–Crippen MR) is 92.2 cm³/mol. The molecule has 1 aliphatic heterocycles. The van der Waals surface area contributed by atoms with Crippen molar-refractivity contribution in [3.8, 4) is 0 Å². The molecule has 2 aromatic heterocycles. The molecule has 1 aliphatic rings. The summed E-state index contributed by atoms with van der Waals surface area (Å²) in [7, 11) is 0. The van der Waals surface area contributed by atoms with Crippen molar-refractivity contribution in [2.75, 3.05) is 19.6 Å². The quantitative estimate of drug-likeness (QED) is 0.771. The van der Waals surface area contributed by atoms with Crippen molar-refractivity contribution in [2.45, 2.75) is 13.0 Å². The molecule has 0 unspecified atom stereocenters. The molecule has 25 heavy (non-hydrogen) atoms. The van der Waals surface area contributed by atoms with E-state index < -0.39 is 5.91 Å². The van der Waals surface area contributed by atoms with E-state index in [0.29, 0.717) is 24.7 Å². The van der Waals surface area contributed by atoms with Crippen LogP contribution in [-0.4, -0.2) is 46.6 Å².